The molecule has 1 aromatic rings. The molecule has 1 aromatic carbocycles. The molecule has 0 bridgehead atoms. The van der Waals surface area contributed by atoms with Crippen LogP contribution in [0, 0.1) is 5.41 Å². The number of rotatable bonds is 7. The van der Waals surface area contributed by atoms with E-state index in [4.69, 9.17) is 15.6 Å². The fraction of sp³-hybridized carbons (Fsp3) is 0.538. The van der Waals surface area contributed by atoms with Crippen molar-refractivity contribution in [2.75, 3.05) is 31.3 Å². The molecule has 5 N–H and O–H groups in total. The third-order valence-corrected chi connectivity index (χ3v) is 4.71. The first-order valence-electron chi connectivity index (χ1n) is 6.51. The number of benzene rings is 1. The lowest BCUT2D eigenvalue weighted by atomic mass is 10.0. The van der Waals surface area contributed by atoms with Crippen LogP contribution in [0.15, 0.2) is 23.1 Å². The van der Waals surface area contributed by atoms with Crippen molar-refractivity contribution in [3.63, 3.8) is 0 Å². The largest absolute Gasteiger partial charge is 0.399 e. The Hall–Kier alpha value is -1.31. The first-order valence-corrected chi connectivity index (χ1v) is 8.06. The summed E-state index contributed by atoms with van der Waals surface area (Å²) in [5.74, 6) is 0. The van der Waals surface area contributed by atoms with Crippen LogP contribution in [0.1, 0.15) is 19.3 Å². The number of ether oxygens (including phenoxy) is 1. The Morgan fingerprint density at radius 2 is 2.10 bits per heavy atom. The topological polar surface area (TPSA) is 107 Å². The molecule has 0 heterocycles. The fourth-order valence-corrected chi connectivity index (χ4v) is 2.96. The highest BCUT2D eigenvalue weighted by Gasteiger charge is 2.41. The molecule has 0 saturated heterocycles. The van der Waals surface area contributed by atoms with Gasteiger partial charge in [-0.25, -0.2) is 13.6 Å². The fourth-order valence-electron chi connectivity index (χ4n) is 2.21. The maximum atomic E-state index is 11.6. The normalized spacial score (nSPS) is 16.9. The second kappa shape index (κ2) is 5.59. The van der Waals surface area contributed by atoms with Gasteiger partial charge in [-0.15, -0.1) is 0 Å². The third kappa shape index (κ3) is 3.62. The second-order valence-corrected chi connectivity index (χ2v) is 6.93. The summed E-state index contributed by atoms with van der Waals surface area (Å²) in [5, 5.41) is 8.41. The van der Waals surface area contributed by atoms with E-state index in [9.17, 15) is 8.42 Å². The van der Waals surface area contributed by atoms with E-state index in [0.717, 1.165) is 19.3 Å². The number of anilines is 2. The standard InChI is InChI=1S/C13H21N3O3S/c1-19-7-6-13(4-5-13)9-16-11-3-2-10(14)8-12(11)20(15,17)18/h2-3,8,16H,4-7,9,14H2,1H3,(H2,15,17,18). The predicted molar refractivity (Wildman–Crippen MR) is 78.9 cm³/mol. The molecule has 1 aliphatic rings. The minimum Gasteiger partial charge on any atom is -0.399 e. The minimum atomic E-state index is -3.79. The summed E-state index contributed by atoms with van der Waals surface area (Å²) in [7, 11) is -2.10. The molecule has 1 saturated carbocycles. The van der Waals surface area contributed by atoms with Gasteiger partial charge in [0.15, 0.2) is 0 Å². The predicted octanol–water partition coefficient (Wildman–Crippen LogP) is 1.14. The van der Waals surface area contributed by atoms with Gasteiger partial charge in [0.05, 0.1) is 5.69 Å². The van der Waals surface area contributed by atoms with E-state index in [2.05, 4.69) is 5.32 Å². The summed E-state index contributed by atoms with van der Waals surface area (Å²) < 4.78 is 28.3. The molecular weight excluding hydrogens is 278 g/mol. The van der Waals surface area contributed by atoms with Gasteiger partial charge in [-0.05, 0) is 42.9 Å². The summed E-state index contributed by atoms with van der Waals surface area (Å²) in [5.41, 5.74) is 6.72. The lowest BCUT2D eigenvalue weighted by molar-refractivity contribution is 0.175. The maximum absolute atomic E-state index is 11.6. The van der Waals surface area contributed by atoms with Gasteiger partial charge in [-0.2, -0.15) is 0 Å². The highest BCUT2D eigenvalue weighted by molar-refractivity contribution is 7.89. The zero-order chi connectivity index (χ0) is 14.8. The first kappa shape index (κ1) is 15.1. The van der Waals surface area contributed by atoms with Crippen molar-refractivity contribution >= 4 is 21.4 Å². The molecule has 7 heteroatoms. The number of hydrogen-bond donors (Lipinski definition) is 3. The van der Waals surface area contributed by atoms with Crippen molar-refractivity contribution in [2.45, 2.75) is 24.2 Å². The Bertz CT molecular complexity index is 583. The van der Waals surface area contributed by atoms with Gasteiger partial charge >= 0.3 is 0 Å². The summed E-state index contributed by atoms with van der Waals surface area (Å²) in [4.78, 5) is 0.0417. The van der Waals surface area contributed by atoms with Crippen molar-refractivity contribution in [1.29, 1.82) is 0 Å². The van der Waals surface area contributed by atoms with Crippen LogP contribution in [0.2, 0.25) is 0 Å². The highest BCUT2D eigenvalue weighted by Crippen LogP contribution is 2.48. The zero-order valence-electron chi connectivity index (χ0n) is 11.6. The van der Waals surface area contributed by atoms with Gasteiger partial charge in [0.1, 0.15) is 4.90 Å². The Labute approximate surface area is 119 Å². The van der Waals surface area contributed by atoms with Crippen molar-refractivity contribution in [3.05, 3.63) is 18.2 Å². The van der Waals surface area contributed by atoms with Crippen molar-refractivity contribution < 1.29 is 13.2 Å². The quantitative estimate of drug-likeness (QED) is 0.654. The Morgan fingerprint density at radius 1 is 1.40 bits per heavy atom. The number of hydrogen-bond acceptors (Lipinski definition) is 5. The van der Waals surface area contributed by atoms with Crippen LogP contribution >= 0.6 is 0 Å². The van der Waals surface area contributed by atoms with Crippen LogP contribution in [-0.4, -0.2) is 28.7 Å². The van der Waals surface area contributed by atoms with Crippen LogP contribution in [0.5, 0.6) is 0 Å². The molecule has 0 unspecified atom stereocenters. The van der Waals surface area contributed by atoms with Crippen LogP contribution < -0.4 is 16.2 Å². The van der Waals surface area contributed by atoms with Crippen molar-refractivity contribution in [1.82, 2.24) is 0 Å². The molecule has 2 rings (SSSR count). The number of nitrogen functional groups attached to an aromatic ring is 1. The van der Waals surface area contributed by atoms with Crippen molar-refractivity contribution in [2.24, 2.45) is 10.6 Å². The van der Waals surface area contributed by atoms with Crippen LogP contribution in [0.3, 0.4) is 0 Å². The summed E-state index contributed by atoms with van der Waals surface area (Å²) in [6.07, 6.45) is 3.22. The highest BCUT2D eigenvalue weighted by atomic mass is 32.2. The Balaban J connectivity index is 2.10. The van der Waals surface area contributed by atoms with E-state index in [1.54, 1.807) is 19.2 Å². The molecule has 112 valence electrons. The summed E-state index contributed by atoms with van der Waals surface area (Å²) >= 11 is 0. The van der Waals surface area contributed by atoms with E-state index in [1.165, 1.54) is 6.07 Å². The molecule has 20 heavy (non-hydrogen) atoms. The number of nitrogens with one attached hydrogen (secondary N) is 1. The number of methoxy groups -OCH3 is 1. The zero-order valence-corrected chi connectivity index (χ0v) is 12.4. The number of primary sulfonamides is 1. The van der Waals surface area contributed by atoms with Gasteiger partial charge in [0, 0.05) is 25.9 Å². The molecule has 0 radical (unpaired) electrons. The molecule has 1 fully saturated rings. The smallest absolute Gasteiger partial charge is 0.240 e. The second-order valence-electron chi connectivity index (χ2n) is 5.40. The Kier molecular flexibility index (Phi) is 4.22. The summed E-state index contributed by atoms with van der Waals surface area (Å²) in [6, 6.07) is 4.69. The SMILES string of the molecule is COCCC1(CNc2ccc(N)cc2S(N)(=O)=O)CC1. The molecular formula is C13H21N3O3S. The van der Waals surface area contributed by atoms with Gasteiger partial charge in [-0.3, -0.25) is 0 Å². The van der Waals surface area contributed by atoms with Crippen LogP contribution in [-0.2, 0) is 14.8 Å². The molecule has 0 aliphatic heterocycles. The monoisotopic (exact) mass is 299 g/mol. The van der Waals surface area contributed by atoms with E-state index in [-0.39, 0.29) is 10.3 Å². The average Bonchev–Trinajstić information content (AvgIpc) is 3.14. The number of nitrogens with two attached hydrogens (primary N) is 2. The molecule has 0 aromatic heterocycles. The van der Waals surface area contributed by atoms with Gasteiger partial charge in [0.2, 0.25) is 10.0 Å². The molecule has 0 atom stereocenters. The number of sulfonamides is 1. The molecule has 0 spiro atoms. The first-order chi connectivity index (χ1) is 9.36. The van der Waals surface area contributed by atoms with Crippen molar-refractivity contribution in [3.8, 4) is 0 Å². The molecule has 6 nitrogen and oxygen atoms in total. The van der Waals surface area contributed by atoms with E-state index in [0.29, 0.717) is 24.5 Å². The molecule has 0 amide bonds. The van der Waals surface area contributed by atoms with Gasteiger partial charge < -0.3 is 15.8 Å². The lowest BCUT2D eigenvalue weighted by Gasteiger charge is -2.18. The molecule has 1 aliphatic carbocycles. The minimum absolute atomic E-state index is 0.0417. The average molecular weight is 299 g/mol. The van der Waals surface area contributed by atoms with Crippen LogP contribution in [0.4, 0.5) is 11.4 Å². The van der Waals surface area contributed by atoms with E-state index < -0.39 is 10.0 Å². The summed E-state index contributed by atoms with van der Waals surface area (Å²) in [6.45, 7) is 1.42. The lowest BCUT2D eigenvalue weighted by Crippen LogP contribution is -2.20. The third-order valence-electron chi connectivity index (χ3n) is 3.76. The van der Waals surface area contributed by atoms with Gasteiger partial charge in [-0.1, -0.05) is 0 Å². The van der Waals surface area contributed by atoms with E-state index in [1.807, 2.05) is 0 Å². The Morgan fingerprint density at radius 3 is 2.65 bits per heavy atom. The van der Waals surface area contributed by atoms with Crippen LogP contribution in [0.25, 0.3) is 0 Å². The van der Waals surface area contributed by atoms with Gasteiger partial charge in [0.25, 0.3) is 0 Å². The van der Waals surface area contributed by atoms with E-state index >= 15 is 0 Å². The maximum Gasteiger partial charge on any atom is 0.240 e.